The molecule has 0 spiro atoms. The monoisotopic (exact) mass is 233 g/mol. The maximum absolute atomic E-state index is 11.7. The molecule has 0 bridgehead atoms. The number of carbonyl (C=O) groups is 1. The molecule has 17 heavy (non-hydrogen) atoms. The van der Waals surface area contributed by atoms with E-state index < -0.39 is 0 Å². The Morgan fingerprint density at radius 1 is 1.24 bits per heavy atom. The van der Waals surface area contributed by atoms with E-state index in [2.05, 4.69) is 22.3 Å². The fourth-order valence-corrected chi connectivity index (χ4v) is 1.45. The van der Waals surface area contributed by atoms with Gasteiger partial charge in [0.05, 0.1) is 5.69 Å². The lowest BCUT2D eigenvalue weighted by molar-refractivity contribution is 0.0953. The summed E-state index contributed by atoms with van der Waals surface area (Å²) in [6, 6.07) is 7.08. The van der Waals surface area contributed by atoms with Gasteiger partial charge in [0.25, 0.3) is 5.91 Å². The number of benzene rings is 1. The Morgan fingerprint density at radius 3 is 2.47 bits per heavy atom. The van der Waals surface area contributed by atoms with E-state index in [9.17, 15) is 4.79 Å². The molecule has 0 aromatic heterocycles. The van der Waals surface area contributed by atoms with Crippen molar-refractivity contribution in [2.75, 3.05) is 20.1 Å². The zero-order valence-corrected chi connectivity index (χ0v) is 10.2. The molecule has 92 valence electrons. The minimum absolute atomic E-state index is 0.0370. The summed E-state index contributed by atoms with van der Waals surface area (Å²) in [5.74, 6) is -0.0370. The van der Waals surface area contributed by atoms with Crippen LogP contribution in [0.3, 0.4) is 0 Å². The van der Waals surface area contributed by atoms with E-state index in [0.717, 1.165) is 25.1 Å². The van der Waals surface area contributed by atoms with Crippen LogP contribution in [-0.4, -0.2) is 32.8 Å². The van der Waals surface area contributed by atoms with E-state index in [1.807, 2.05) is 7.05 Å². The molecule has 0 fully saturated rings. The van der Waals surface area contributed by atoms with Gasteiger partial charge in [-0.05, 0) is 57.4 Å². The van der Waals surface area contributed by atoms with Crippen molar-refractivity contribution in [1.29, 1.82) is 0 Å². The summed E-state index contributed by atoms with van der Waals surface area (Å²) in [4.78, 5) is 15.5. The van der Waals surface area contributed by atoms with Crippen molar-refractivity contribution in [2.45, 2.75) is 12.8 Å². The molecular weight excluding hydrogens is 214 g/mol. The van der Waals surface area contributed by atoms with Crippen molar-refractivity contribution in [3.05, 3.63) is 29.8 Å². The molecule has 0 saturated carbocycles. The van der Waals surface area contributed by atoms with Crippen LogP contribution >= 0.6 is 0 Å². The van der Waals surface area contributed by atoms with Gasteiger partial charge in [-0.2, -0.15) is 0 Å². The predicted octanol–water partition coefficient (Wildman–Crippen LogP) is 1.75. The molecule has 0 heterocycles. The molecule has 4 nitrogen and oxygen atoms in total. The Balaban J connectivity index is 2.33. The molecule has 0 radical (unpaired) electrons. The van der Waals surface area contributed by atoms with Crippen LogP contribution in [0.15, 0.2) is 29.3 Å². The highest BCUT2D eigenvalue weighted by Crippen LogP contribution is 2.11. The van der Waals surface area contributed by atoms with Gasteiger partial charge in [0.15, 0.2) is 0 Å². The molecule has 0 aliphatic heterocycles. The fraction of sp³-hybridized carbons (Fsp3) is 0.385. The molecule has 4 heteroatoms. The van der Waals surface area contributed by atoms with Crippen LogP contribution in [0.25, 0.3) is 0 Å². The molecule has 0 aliphatic rings. The molecule has 1 aromatic carbocycles. The van der Waals surface area contributed by atoms with Gasteiger partial charge in [-0.15, -0.1) is 0 Å². The largest absolute Gasteiger partial charge is 0.352 e. The second kappa shape index (κ2) is 7.57. The molecular formula is C13H19N3O. The summed E-state index contributed by atoms with van der Waals surface area (Å²) < 4.78 is 0. The summed E-state index contributed by atoms with van der Waals surface area (Å²) >= 11 is 0. The lowest BCUT2D eigenvalue weighted by atomic mass is 10.2. The number of nitrogens with one attached hydrogen (secondary N) is 2. The topological polar surface area (TPSA) is 53.5 Å². The lowest BCUT2D eigenvalue weighted by Crippen LogP contribution is -2.24. The van der Waals surface area contributed by atoms with Crippen LogP contribution in [-0.2, 0) is 0 Å². The normalized spacial score (nSPS) is 9.94. The number of rotatable bonds is 7. The smallest absolute Gasteiger partial charge is 0.251 e. The summed E-state index contributed by atoms with van der Waals surface area (Å²) in [5, 5.41) is 5.95. The molecule has 2 N–H and O–H groups in total. The van der Waals surface area contributed by atoms with E-state index >= 15 is 0 Å². The highest BCUT2D eigenvalue weighted by Gasteiger charge is 2.03. The number of hydrogen-bond donors (Lipinski definition) is 2. The maximum Gasteiger partial charge on any atom is 0.251 e. The average molecular weight is 233 g/mol. The molecule has 0 saturated heterocycles. The third kappa shape index (κ3) is 4.78. The van der Waals surface area contributed by atoms with Crippen molar-refractivity contribution >= 4 is 18.3 Å². The van der Waals surface area contributed by atoms with E-state index in [4.69, 9.17) is 0 Å². The van der Waals surface area contributed by atoms with Crippen molar-refractivity contribution in [2.24, 2.45) is 4.99 Å². The minimum Gasteiger partial charge on any atom is -0.352 e. The third-order valence-corrected chi connectivity index (χ3v) is 2.45. The SMILES string of the molecule is C=Nc1ccc(C(=O)NCCCCNC)cc1. The zero-order valence-electron chi connectivity index (χ0n) is 10.2. The van der Waals surface area contributed by atoms with E-state index in [0.29, 0.717) is 12.1 Å². The number of hydrogen-bond acceptors (Lipinski definition) is 3. The Kier molecular flexibility index (Phi) is 5.96. The summed E-state index contributed by atoms with van der Waals surface area (Å²) in [6.45, 7) is 5.12. The standard InChI is InChI=1S/C13H19N3O/c1-14-9-3-4-10-16-13(17)11-5-7-12(15-2)8-6-11/h5-8,14H,2-4,9-10H2,1H3,(H,16,17). The fourth-order valence-electron chi connectivity index (χ4n) is 1.45. The van der Waals surface area contributed by atoms with Gasteiger partial charge >= 0.3 is 0 Å². The van der Waals surface area contributed by atoms with Crippen molar-refractivity contribution in [3.8, 4) is 0 Å². The van der Waals surface area contributed by atoms with Gasteiger partial charge in [0, 0.05) is 12.1 Å². The first-order valence-corrected chi connectivity index (χ1v) is 5.77. The number of aliphatic imine (C=N–C) groups is 1. The van der Waals surface area contributed by atoms with Crippen LogP contribution in [0.2, 0.25) is 0 Å². The van der Waals surface area contributed by atoms with Crippen LogP contribution in [0.5, 0.6) is 0 Å². The first kappa shape index (κ1) is 13.4. The van der Waals surface area contributed by atoms with Crippen LogP contribution in [0.4, 0.5) is 5.69 Å². The Bertz CT molecular complexity index is 359. The second-order valence-electron chi connectivity index (χ2n) is 3.77. The van der Waals surface area contributed by atoms with Gasteiger partial charge in [-0.25, -0.2) is 0 Å². The van der Waals surface area contributed by atoms with Crippen molar-refractivity contribution in [1.82, 2.24) is 10.6 Å². The van der Waals surface area contributed by atoms with Gasteiger partial charge in [-0.1, -0.05) is 0 Å². The average Bonchev–Trinajstić information content (AvgIpc) is 2.38. The molecule has 0 unspecified atom stereocenters. The van der Waals surface area contributed by atoms with E-state index in [1.54, 1.807) is 24.3 Å². The van der Waals surface area contributed by atoms with Crippen LogP contribution in [0, 0.1) is 0 Å². The van der Waals surface area contributed by atoms with E-state index in [-0.39, 0.29) is 5.91 Å². The third-order valence-electron chi connectivity index (χ3n) is 2.45. The Morgan fingerprint density at radius 2 is 1.88 bits per heavy atom. The zero-order chi connectivity index (χ0) is 12.5. The molecule has 1 rings (SSSR count). The predicted molar refractivity (Wildman–Crippen MR) is 71.1 cm³/mol. The lowest BCUT2D eigenvalue weighted by Gasteiger charge is -2.05. The quantitative estimate of drug-likeness (QED) is 0.557. The minimum atomic E-state index is -0.0370. The van der Waals surface area contributed by atoms with Crippen LogP contribution < -0.4 is 10.6 Å². The van der Waals surface area contributed by atoms with Crippen molar-refractivity contribution < 1.29 is 4.79 Å². The summed E-state index contributed by atoms with van der Waals surface area (Å²) in [6.07, 6.45) is 2.05. The highest BCUT2D eigenvalue weighted by molar-refractivity contribution is 5.94. The second-order valence-corrected chi connectivity index (χ2v) is 3.77. The van der Waals surface area contributed by atoms with Crippen LogP contribution in [0.1, 0.15) is 23.2 Å². The maximum atomic E-state index is 11.7. The van der Waals surface area contributed by atoms with Gasteiger partial charge in [-0.3, -0.25) is 9.79 Å². The van der Waals surface area contributed by atoms with Crippen molar-refractivity contribution in [3.63, 3.8) is 0 Å². The first-order chi connectivity index (χ1) is 8.27. The van der Waals surface area contributed by atoms with Gasteiger partial charge in [0.2, 0.25) is 0 Å². The first-order valence-electron chi connectivity index (χ1n) is 5.77. The summed E-state index contributed by atoms with van der Waals surface area (Å²) in [5.41, 5.74) is 1.43. The highest BCUT2D eigenvalue weighted by atomic mass is 16.1. The Labute approximate surface area is 102 Å². The molecule has 1 amide bonds. The molecule has 1 aromatic rings. The van der Waals surface area contributed by atoms with Gasteiger partial charge < -0.3 is 10.6 Å². The summed E-state index contributed by atoms with van der Waals surface area (Å²) in [7, 11) is 1.92. The molecule has 0 atom stereocenters. The Hall–Kier alpha value is -1.68. The number of unbranched alkanes of at least 4 members (excludes halogenated alkanes) is 1. The number of nitrogens with zero attached hydrogens (tertiary/aromatic N) is 1. The van der Waals surface area contributed by atoms with E-state index in [1.165, 1.54) is 0 Å². The molecule has 0 aliphatic carbocycles. The number of amides is 1. The number of carbonyl (C=O) groups excluding carboxylic acids is 1. The van der Waals surface area contributed by atoms with Gasteiger partial charge in [0.1, 0.15) is 0 Å².